The minimum Gasteiger partial charge on any atom is -0.345 e. The molecule has 0 N–H and O–H groups in total. The molecule has 2 aromatic carbocycles. The van der Waals surface area contributed by atoms with E-state index in [9.17, 15) is 4.79 Å². The number of fused-ring (bicyclic) bond motifs is 1. The first-order valence-electron chi connectivity index (χ1n) is 8.97. The van der Waals surface area contributed by atoms with Gasteiger partial charge in [0.1, 0.15) is 0 Å². The first-order chi connectivity index (χ1) is 13.0. The van der Waals surface area contributed by atoms with Crippen LogP contribution in [0.1, 0.15) is 27.0 Å². The van der Waals surface area contributed by atoms with Crippen molar-refractivity contribution in [2.75, 3.05) is 31.1 Å². The van der Waals surface area contributed by atoms with Crippen molar-refractivity contribution in [1.29, 1.82) is 5.26 Å². The SMILES string of the molecule is Cc1cc2nc(N3CCN(C(=O)c4ccc(C#N)cc4)CC3)sc2cc1C. The Labute approximate surface area is 162 Å². The van der Waals surface area contributed by atoms with Crippen molar-refractivity contribution in [3.8, 4) is 6.07 Å². The third-order valence-electron chi connectivity index (χ3n) is 5.09. The summed E-state index contributed by atoms with van der Waals surface area (Å²) in [5.41, 5.74) is 4.80. The number of aryl methyl sites for hydroxylation is 2. The fourth-order valence-corrected chi connectivity index (χ4v) is 4.37. The van der Waals surface area contributed by atoms with Gasteiger partial charge >= 0.3 is 0 Å². The predicted octanol–water partition coefficient (Wildman–Crippen LogP) is 3.75. The fourth-order valence-electron chi connectivity index (χ4n) is 3.27. The monoisotopic (exact) mass is 376 g/mol. The largest absolute Gasteiger partial charge is 0.345 e. The van der Waals surface area contributed by atoms with Crippen LogP contribution in [0, 0.1) is 25.2 Å². The van der Waals surface area contributed by atoms with Gasteiger partial charge < -0.3 is 9.80 Å². The zero-order valence-corrected chi connectivity index (χ0v) is 16.2. The van der Waals surface area contributed by atoms with Gasteiger partial charge in [-0.25, -0.2) is 4.98 Å². The Hall–Kier alpha value is -2.91. The van der Waals surface area contributed by atoms with Gasteiger partial charge in [0, 0.05) is 31.7 Å². The molecule has 6 heteroatoms. The molecule has 0 spiro atoms. The van der Waals surface area contributed by atoms with Crippen LogP contribution in [0.4, 0.5) is 5.13 Å². The summed E-state index contributed by atoms with van der Waals surface area (Å²) in [6.45, 7) is 7.14. The van der Waals surface area contributed by atoms with Crippen LogP contribution >= 0.6 is 11.3 Å². The maximum atomic E-state index is 12.7. The number of nitriles is 1. The van der Waals surface area contributed by atoms with E-state index in [-0.39, 0.29) is 5.91 Å². The highest BCUT2D eigenvalue weighted by atomic mass is 32.1. The van der Waals surface area contributed by atoms with Crippen molar-refractivity contribution >= 4 is 32.6 Å². The number of aromatic nitrogens is 1. The quantitative estimate of drug-likeness (QED) is 0.683. The molecule has 0 radical (unpaired) electrons. The van der Waals surface area contributed by atoms with Crippen molar-refractivity contribution in [1.82, 2.24) is 9.88 Å². The highest BCUT2D eigenvalue weighted by molar-refractivity contribution is 7.22. The zero-order valence-electron chi connectivity index (χ0n) is 15.4. The molecule has 1 aliphatic heterocycles. The molecule has 1 aliphatic rings. The molecular formula is C21H20N4OS. The number of amides is 1. The van der Waals surface area contributed by atoms with Crippen LogP contribution in [0.5, 0.6) is 0 Å². The summed E-state index contributed by atoms with van der Waals surface area (Å²) in [6, 6.07) is 13.3. The Morgan fingerprint density at radius 2 is 1.74 bits per heavy atom. The van der Waals surface area contributed by atoms with Crippen molar-refractivity contribution in [2.45, 2.75) is 13.8 Å². The predicted molar refractivity (Wildman–Crippen MR) is 108 cm³/mol. The smallest absolute Gasteiger partial charge is 0.253 e. The molecule has 0 atom stereocenters. The number of hydrogen-bond acceptors (Lipinski definition) is 5. The second-order valence-electron chi connectivity index (χ2n) is 6.87. The van der Waals surface area contributed by atoms with Gasteiger partial charge in [0.25, 0.3) is 5.91 Å². The molecule has 0 saturated carbocycles. The maximum Gasteiger partial charge on any atom is 0.253 e. The van der Waals surface area contributed by atoms with Crippen LogP contribution in [0.15, 0.2) is 36.4 Å². The summed E-state index contributed by atoms with van der Waals surface area (Å²) >= 11 is 1.72. The van der Waals surface area contributed by atoms with E-state index < -0.39 is 0 Å². The second-order valence-corrected chi connectivity index (χ2v) is 7.88. The number of benzene rings is 2. The van der Waals surface area contributed by atoms with Gasteiger partial charge in [0.15, 0.2) is 5.13 Å². The number of carbonyl (C=O) groups is 1. The van der Waals surface area contributed by atoms with E-state index in [0.717, 1.165) is 23.7 Å². The van der Waals surface area contributed by atoms with Crippen molar-refractivity contribution in [2.24, 2.45) is 0 Å². The Morgan fingerprint density at radius 1 is 1.07 bits per heavy atom. The number of rotatable bonds is 2. The minimum atomic E-state index is 0.0229. The highest BCUT2D eigenvalue weighted by Crippen LogP contribution is 2.31. The maximum absolute atomic E-state index is 12.7. The van der Waals surface area contributed by atoms with Crippen LogP contribution in [-0.4, -0.2) is 42.0 Å². The Bertz CT molecular complexity index is 1000. The summed E-state index contributed by atoms with van der Waals surface area (Å²) in [5, 5.41) is 9.91. The van der Waals surface area contributed by atoms with Crippen LogP contribution in [-0.2, 0) is 0 Å². The van der Waals surface area contributed by atoms with E-state index in [4.69, 9.17) is 10.2 Å². The first-order valence-corrected chi connectivity index (χ1v) is 9.79. The molecule has 136 valence electrons. The van der Waals surface area contributed by atoms with Crippen molar-refractivity contribution in [3.05, 3.63) is 58.7 Å². The van der Waals surface area contributed by atoms with E-state index in [1.165, 1.54) is 15.8 Å². The van der Waals surface area contributed by atoms with E-state index in [1.54, 1.807) is 35.6 Å². The fraction of sp³-hybridized carbons (Fsp3) is 0.286. The number of anilines is 1. The minimum absolute atomic E-state index is 0.0229. The van der Waals surface area contributed by atoms with E-state index in [1.807, 2.05) is 4.90 Å². The molecule has 0 aliphatic carbocycles. The first kappa shape index (κ1) is 17.5. The average molecular weight is 376 g/mol. The molecule has 0 bridgehead atoms. The molecule has 27 heavy (non-hydrogen) atoms. The number of hydrogen-bond donors (Lipinski definition) is 0. The van der Waals surface area contributed by atoms with Gasteiger partial charge in [-0.15, -0.1) is 0 Å². The normalized spacial score (nSPS) is 14.4. The number of thiazole rings is 1. The molecule has 4 rings (SSSR count). The van der Waals surface area contributed by atoms with Gasteiger partial charge in [0.05, 0.1) is 21.8 Å². The molecule has 0 unspecified atom stereocenters. The molecule has 1 aromatic heterocycles. The van der Waals surface area contributed by atoms with Crippen LogP contribution < -0.4 is 4.90 Å². The van der Waals surface area contributed by atoms with E-state index in [0.29, 0.717) is 24.2 Å². The molecule has 1 saturated heterocycles. The molecule has 5 nitrogen and oxygen atoms in total. The highest BCUT2D eigenvalue weighted by Gasteiger charge is 2.24. The van der Waals surface area contributed by atoms with Gasteiger partial charge in [-0.2, -0.15) is 5.26 Å². The van der Waals surface area contributed by atoms with Crippen molar-refractivity contribution in [3.63, 3.8) is 0 Å². The molecule has 3 aromatic rings. The lowest BCUT2D eigenvalue weighted by atomic mass is 10.1. The summed E-state index contributed by atoms with van der Waals surface area (Å²) < 4.78 is 1.21. The standard InChI is InChI=1S/C21H20N4OS/c1-14-11-18-19(12-15(14)2)27-21(23-18)25-9-7-24(8-10-25)20(26)17-5-3-16(13-22)4-6-17/h3-6,11-12H,7-10H2,1-2H3. The Kier molecular flexibility index (Phi) is 4.54. The molecule has 1 fully saturated rings. The van der Waals surface area contributed by atoms with E-state index >= 15 is 0 Å². The van der Waals surface area contributed by atoms with Crippen LogP contribution in [0.25, 0.3) is 10.2 Å². The van der Waals surface area contributed by atoms with Crippen LogP contribution in [0.3, 0.4) is 0 Å². The van der Waals surface area contributed by atoms with Gasteiger partial charge in [0.2, 0.25) is 0 Å². The van der Waals surface area contributed by atoms with Gasteiger partial charge in [-0.1, -0.05) is 11.3 Å². The number of piperazine rings is 1. The summed E-state index contributed by atoms with van der Waals surface area (Å²) in [5.74, 6) is 0.0229. The van der Waals surface area contributed by atoms with Gasteiger partial charge in [-0.05, 0) is 61.4 Å². The van der Waals surface area contributed by atoms with E-state index in [2.05, 4.69) is 36.9 Å². The summed E-state index contributed by atoms with van der Waals surface area (Å²) in [4.78, 5) is 21.6. The molecule has 2 heterocycles. The Morgan fingerprint density at radius 3 is 2.41 bits per heavy atom. The lowest BCUT2D eigenvalue weighted by Crippen LogP contribution is -2.48. The number of nitrogens with zero attached hydrogens (tertiary/aromatic N) is 4. The molecule has 1 amide bonds. The average Bonchev–Trinajstić information content (AvgIpc) is 3.10. The third kappa shape index (κ3) is 3.38. The second kappa shape index (κ2) is 7.01. The molecular weight excluding hydrogens is 356 g/mol. The Balaban J connectivity index is 1.45. The summed E-state index contributed by atoms with van der Waals surface area (Å²) in [6.07, 6.45) is 0. The number of carbonyl (C=O) groups excluding carboxylic acids is 1. The summed E-state index contributed by atoms with van der Waals surface area (Å²) in [7, 11) is 0. The zero-order chi connectivity index (χ0) is 19.0. The van der Waals surface area contributed by atoms with Gasteiger partial charge in [-0.3, -0.25) is 4.79 Å². The lowest BCUT2D eigenvalue weighted by Gasteiger charge is -2.34. The van der Waals surface area contributed by atoms with Crippen molar-refractivity contribution < 1.29 is 4.79 Å². The topological polar surface area (TPSA) is 60.2 Å². The lowest BCUT2D eigenvalue weighted by molar-refractivity contribution is 0.0747. The van der Waals surface area contributed by atoms with Crippen LogP contribution in [0.2, 0.25) is 0 Å². The third-order valence-corrected chi connectivity index (χ3v) is 6.17.